The van der Waals surface area contributed by atoms with Gasteiger partial charge in [-0.05, 0) is 54.9 Å². The minimum atomic E-state index is -4.36. The maximum atomic E-state index is 12.4. The molecule has 1 saturated heterocycles. The minimum absolute atomic E-state index is 0.00151. The number of piperidine rings is 1. The number of benzene rings is 1. The van der Waals surface area contributed by atoms with Crippen LogP contribution in [0.1, 0.15) is 24.8 Å². The third kappa shape index (κ3) is 5.52. The van der Waals surface area contributed by atoms with Crippen molar-refractivity contribution >= 4 is 11.8 Å². The van der Waals surface area contributed by atoms with Gasteiger partial charge in [-0.15, -0.1) is 0 Å². The van der Waals surface area contributed by atoms with E-state index >= 15 is 0 Å². The lowest BCUT2D eigenvalue weighted by molar-refractivity contribution is -0.153. The first-order valence-electron chi connectivity index (χ1n) is 9.70. The number of amides is 2. The highest BCUT2D eigenvalue weighted by Crippen LogP contribution is 2.59. The van der Waals surface area contributed by atoms with Gasteiger partial charge in [0.1, 0.15) is 5.75 Å². The van der Waals surface area contributed by atoms with Crippen LogP contribution in [-0.4, -0.2) is 49.1 Å². The Labute approximate surface area is 167 Å². The van der Waals surface area contributed by atoms with E-state index in [1.54, 1.807) is 17.0 Å². The molecule has 1 heterocycles. The third-order valence-corrected chi connectivity index (χ3v) is 5.79. The molecular weight excluding hydrogens is 385 g/mol. The van der Waals surface area contributed by atoms with Gasteiger partial charge in [-0.3, -0.25) is 9.59 Å². The van der Waals surface area contributed by atoms with Gasteiger partial charge in [-0.2, -0.15) is 13.2 Å². The van der Waals surface area contributed by atoms with Crippen LogP contribution in [0.4, 0.5) is 13.2 Å². The summed E-state index contributed by atoms with van der Waals surface area (Å²) >= 11 is 0. The van der Waals surface area contributed by atoms with E-state index in [1.165, 1.54) is 18.2 Å². The Morgan fingerprint density at radius 3 is 2.48 bits per heavy atom. The second-order valence-corrected chi connectivity index (χ2v) is 7.74. The highest BCUT2D eigenvalue weighted by atomic mass is 19.4. The Hall–Kier alpha value is -2.51. The molecule has 8 heteroatoms. The SMILES string of the molecule is C=CC(=O)N1CCC2(CC1)CC2C(=O)NCCc1ccc(OCC(F)(F)F)cc1. The van der Waals surface area contributed by atoms with E-state index in [1.807, 2.05) is 0 Å². The zero-order valence-corrected chi connectivity index (χ0v) is 16.1. The molecule has 1 aliphatic carbocycles. The van der Waals surface area contributed by atoms with Crippen molar-refractivity contribution in [2.75, 3.05) is 26.2 Å². The summed E-state index contributed by atoms with van der Waals surface area (Å²) in [7, 11) is 0. The van der Waals surface area contributed by atoms with Crippen LogP contribution in [0.25, 0.3) is 0 Å². The monoisotopic (exact) mass is 410 g/mol. The number of rotatable bonds is 7. The molecule has 0 radical (unpaired) electrons. The fourth-order valence-corrected chi connectivity index (χ4v) is 3.94. The molecule has 1 aromatic rings. The number of carbonyl (C=O) groups is 2. The summed E-state index contributed by atoms with van der Waals surface area (Å²) in [4.78, 5) is 25.9. The van der Waals surface area contributed by atoms with Crippen molar-refractivity contribution in [3.63, 3.8) is 0 Å². The molecule has 1 spiro atoms. The summed E-state index contributed by atoms with van der Waals surface area (Å²) < 4.78 is 41.1. The second kappa shape index (κ2) is 8.47. The molecule has 1 unspecified atom stereocenters. The number of ether oxygens (including phenoxy) is 1. The molecule has 0 aromatic heterocycles. The van der Waals surface area contributed by atoms with Crippen molar-refractivity contribution in [3.05, 3.63) is 42.5 Å². The molecule has 0 bridgehead atoms. The summed E-state index contributed by atoms with van der Waals surface area (Å²) in [6, 6.07) is 6.39. The van der Waals surface area contributed by atoms with Gasteiger partial charge in [0.15, 0.2) is 6.61 Å². The zero-order chi connectivity index (χ0) is 21.1. The molecule has 158 valence electrons. The van der Waals surface area contributed by atoms with Crippen LogP contribution < -0.4 is 10.1 Å². The van der Waals surface area contributed by atoms with Gasteiger partial charge in [0.2, 0.25) is 11.8 Å². The van der Waals surface area contributed by atoms with Crippen LogP contribution in [-0.2, 0) is 16.0 Å². The van der Waals surface area contributed by atoms with E-state index in [0.29, 0.717) is 26.1 Å². The Bertz CT molecular complexity index is 753. The molecule has 5 nitrogen and oxygen atoms in total. The third-order valence-electron chi connectivity index (χ3n) is 5.79. The quantitative estimate of drug-likeness (QED) is 0.703. The highest BCUT2D eigenvalue weighted by Gasteiger charge is 2.58. The number of nitrogens with one attached hydrogen (secondary N) is 1. The van der Waals surface area contributed by atoms with Crippen LogP contribution in [0.3, 0.4) is 0 Å². The first-order valence-corrected chi connectivity index (χ1v) is 9.70. The van der Waals surface area contributed by atoms with Crippen molar-refractivity contribution in [3.8, 4) is 5.75 Å². The Balaban J connectivity index is 1.38. The lowest BCUT2D eigenvalue weighted by Crippen LogP contribution is -2.40. The first kappa shape index (κ1) is 21.2. The average Bonchev–Trinajstić information content (AvgIpc) is 3.40. The average molecular weight is 410 g/mol. The molecule has 1 saturated carbocycles. The van der Waals surface area contributed by atoms with Crippen molar-refractivity contribution < 1.29 is 27.5 Å². The molecular formula is C21H25F3N2O3. The second-order valence-electron chi connectivity index (χ2n) is 7.74. The van der Waals surface area contributed by atoms with Crippen molar-refractivity contribution in [2.24, 2.45) is 11.3 Å². The number of likely N-dealkylation sites (tertiary alicyclic amines) is 1. The van der Waals surface area contributed by atoms with Gasteiger partial charge >= 0.3 is 6.18 Å². The molecule has 29 heavy (non-hydrogen) atoms. The minimum Gasteiger partial charge on any atom is -0.484 e. The topological polar surface area (TPSA) is 58.6 Å². The van der Waals surface area contributed by atoms with Gasteiger partial charge in [0.05, 0.1) is 0 Å². The Morgan fingerprint density at radius 2 is 1.90 bits per heavy atom. The fourth-order valence-electron chi connectivity index (χ4n) is 3.94. The molecule has 1 aliphatic heterocycles. The summed E-state index contributed by atoms with van der Waals surface area (Å²) in [6.07, 6.45) is 0.0892. The maximum Gasteiger partial charge on any atom is 0.422 e. The molecule has 2 fully saturated rings. The van der Waals surface area contributed by atoms with Crippen LogP contribution >= 0.6 is 0 Å². The van der Waals surface area contributed by atoms with Gasteiger partial charge in [-0.1, -0.05) is 18.7 Å². The van der Waals surface area contributed by atoms with E-state index in [2.05, 4.69) is 16.6 Å². The summed E-state index contributed by atoms with van der Waals surface area (Å²) in [6.45, 7) is 3.99. The number of halogens is 3. The lowest BCUT2D eigenvalue weighted by Gasteiger charge is -2.32. The Kier molecular flexibility index (Phi) is 6.19. The largest absolute Gasteiger partial charge is 0.484 e. The van der Waals surface area contributed by atoms with Crippen molar-refractivity contribution in [2.45, 2.75) is 31.9 Å². The van der Waals surface area contributed by atoms with Crippen LogP contribution in [0.5, 0.6) is 5.75 Å². The number of alkyl halides is 3. The van der Waals surface area contributed by atoms with Gasteiger partial charge < -0.3 is 15.0 Å². The molecule has 1 atom stereocenters. The van der Waals surface area contributed by atoms with Crippen LogP contribution in [0.2, 0.25) is 0 Å². The molecule has 3 rings (SSSR count). The first-order chi connectivity index (χ1) is 13.7. The summed E-state index contributed by atoms with van der Waals surface area (Å²) in [5.41, 5.74) is 0.936. The van der Waals surface area contributed by atoms with E-state index in [-0.39, 0.29) is 28.9 Å². The summed E-state index contributed by atoms with van der Waals surface area (Å²) in [5, 5.41) is 2.95. The lowest BCUT2D eigenvalue weighted by atomic mass is 9.90. The van der Waals surface area contributed by atoms with Gasteiger partial charge in [0.25, 0.3) is 0 Å². The van der Waals surface area contributed by atoms with E-state index < -0.39 is 12.8 Å². The standard InChI is InChI=1S/C21H25F3N2O3/c1-2-18(27)26-11-8-20(9-12-26)13-17(20)19(28)25-10-7-15-3-5-16(6-4-15)29-14-21(22,23)24/h2-6,17H,1,7-14H2,(H,25,28). The zero-order valence-electron chi connectivity index (χ0n) is 16.1. The molecule has 1 aromatic carbocycles. The maximum absolute atomic E-state index is 12.4. The number of hydrogen-bond donors (Lipinski definition) is 1. The van der Waals surface area contributed by atoms with Crippen LogP contribution in [0, 0.1) is 11.3 Å². The predicted molar refractivity (Wildman–Crippen MR) is 101 cm³/mol. The van der Waals surface area contributed by atoms with E-state index in [0.717, 1.165) is 24.8 Å². The summed E-state index contributed by atoms with van der Waals surface area (Å²) in [5.74, 6) is 0.146. The van der Waals surface area contributed by atoms with Crippen LogP contribution in [0.15, 0.2) is 36.9 Å². The molecule has 2 amide bonds. The van der Waals surface area contributed by atoms with E-state index in [4.69, 9.17) is 0 Å². The van der Waals surface area contributed by atoms with Crippen molar-refractivity contribution in [1.29, 1.82) is 0 Å². The molecule has 1 N–H and O–H groups in total. The highest BCUT2D eigenvalue weighted by molar-refractivity contribution is 5.87. The van der Waals surface area contributed by atoms with Gasteiger partial charge in [0, 0.05) is 25.6 Å². The number of nitrogens with zero attached hydrogens (tertiary/aromatic N) is 1. The Morgan fingerprint density at radius 1 is 1.24 bits per heavy atom. The number of carbonyl (C=O) groups excluding carboxylic acids is 2. The normalized spacial score (nSPS) is 20.2. The smallest absolute Gasteiger partial charge is 0.422 e. The molecule has 2 aliphatic rings. The van der Waals surface area contributed by atoms with Gasteiger partial charge in [-0.25, -0.2) is 0 Å². The predicted octanol–water partition coefficient (Wildman–Crippen LogP) is 3.10. The number of hydrogen-bond acceptors (Lipinski definition) is 3. The van der Waals surface area contributed by atoms with Crippen molar-refractivity contribution in [1.82, 2.24) is 10.2 Å². The van der Waals surface area contributed by atoms with E-state index in [9.17, 15) is 22.8 Å². The fraction of sp³-hybridized carbons (Fsp3) is 0.524.